The van der Waals surface area contributed by atoms with Gasteiger partial charge >= 0.3 is 0 Å². The number of halogens is 1. The molecule has 1 amide bonds. The third-order valence-corrected chi connectivity index (χ3v) is 3.46. The van der Waals surface area contributed by atoms with E-state index < -0.39 is 0 Å². The van der Waals surface area contributed by atoms with E-state index in [9.17, 15) is 4.79 Å². The number of thioether (sulfide) groups is 1. The van der Waals surface area contributed by atoms with Crippen molar-refractivity contribution in [1.29, 1.82) is 0 Å². The quantitative estimate of drug-likeness (QED) is 0.858. The zero-order valence-corrected chi connectivity index (χ0v) is 11.7. The molecule has 0 radical (unpaired) electrons. The Balaban J connectivity index is 0.00000225. The van der Waals surface area contributed by atoms with Crippen molar-refractivity contribution >= 4 is 41.4 Å². The molecule has 0 aliphatic heterocycles. The molecule has 0 aromatic carbocycles. The number of carbonyl (C=O) groups excluding carboxylic acids is 1. The van der Waals surface area contributed by atoms with Gasteiger partial charge in [-0.1, -0.05) is 0 Å². The van der Waals surface area contributed by atoms with Gasteiger partial charge in [0, 0.05) is 23.7 Å². The highest BCUT2D eigenvalue weighted by atomic mass is 35.5. The van der Waals surface area contributed by atoms with Crippen molar-refractivity contribution < 1.29 is 4.79 Å². The summed E-state index contributed by atoms with van der Waals surface area (Å²) in [5, 5.41) is 5.41. The van der Waals surface area contributed by atoms with Gasteiger partial charge in [-0.3, -0.25) is 4.79 Å². The van der Waals surface area contributed by atoms with Crippen LogP contribution >= 0.6 is 35.5 Å². The van der Waals surface area contributed by atoms with Crippen molar-refractivity contribution in [2.75, 3.05) is 12.0 Å². The zero-order valence-electron chi connectivity index (χ0n) is 9.23. The van der Waals surface area contributed by atoms with E-state index >= 15 is 0 Å². The fraction of sp³-hybridized carbons (Fsp3) is 0.556. The van der Waals surface area contributed by atoms with Crippen LogP contribution in [0.25, 0.3) is 0 Å². The lowest BCUT2D eigenvalue weighted by atomic mass is 10.3. The molecule has 0 saturated heterocycles. The minimum atomic E-state index is -0.118. The molecule has 0 bridgehead atoms. The molecule has 1 aromatic rings. The smallest absolute Gasteiger partial charge is 0.270 e. The predicted octanol–water partition coefficient (Wildman–Crippen LogP) is 1.50. The summed E-state index contributed by atoms with van der Waals surface area (Å²) < 4.78 is 0. The van der Waals surface area contributed by atoms with Gasteiger partial charge in [0.05, 0.1) is 0 Å². The van der Waals surface area contributed by atoms with Crippen LogP contribution in [0, 0.1) is 0 Å². The Hall–Kier alpha value is -0.300. The molecule has 92 valence electrons. The van der Waals surface area contributed by atoms with Gasteiger partial charge < -0.3 is 11.1 Å². The lowest BCUT2D eigenvalue weighted by Crippen LogP contribution is -2.34. The van der Waals surface area contributed by atoms with Gasteiger partial charge in [-0.25, -0.2) is 4.98 Å². The van der Waals surface area contributed by atoms with Crippen molar-refractivity contribution in [3.8, 4) is 0 Å². The number of thiazole rings is 1. The van der Waals surface area contributed by atoms with Crippen molar-refractivity contribution in [1.82, 2.24) is 10.3 Å². The Labute approximate surface area is 110 Å². The van der Waals surface area contributed by atoms with Gasteiger partial charge in [-0.2, -0.15) is 11.8 Å². The number of amides is 1. The lowest BCUT2D eigenvalue weighted by molar-refractivity contribution is 0.0939. The fourth-order valence-electron chi connectivity index (χ4n) is 1.10. The topological polar surface area (TPSA) is 68.0 Å². The molecular weight excluding hydrogens is 266 g/mol. The summed E-state index contributed by atoms with van der Waals surface area (Å²) in [5.74, 6) is 0.784. The fourth-order valence-corrected chi connectivity index (χ4v) is 2.34. The first-order valence-electron chi connectivity index (χ1n) is 4.61. The number of nitrogens with zero attached hydrogens (tertiary/aromatic N) is 1. The Morgan fingerprint density at radius 1 is 1.75 bits per heavy atom. The highest BCUT2D eigenvalue weighted by Gasteiger charge is 2.12. The van der Waals surface area contributed by atoms with E-state index in [4.69, 9.17) is 5.73 Å². The third kappa shape index (κ3) is 4.69. The third-order valence-electron chi connectivity index (χ3n) is 1.75. The molecule has 0 aliphatic carbocycles. The monoisotopic (exact) mass is 281 g/mol. The highest BCUT2D eigenvalue weighted by Crippen LogP contribution is 2.09. The average molecular weight is 282 g/mol. The van der Waals surface area contributed by atoms with E-state index in [1.807, 2.05) is 13.2 Å². The van der Waals surface area contributed by atoms with Gasteiger partial charge in [0.1, 0.15) is 10.7 Å². The van der Waals surface area contributed by atoms with E-state index in [0.29, 0.717) is 12.2 Å². The first kappa shape index (κ1) is 15.7. The largest absolute Gasteiger partial charge is 0.347 e. The van der Waals surface area contributed by atoms with Crippen LogP contribution in [-0.2, 0) is 6.54 Å². The van der Waals surface area contributed by atoms with Crippen molar-refractivity contribution in [2.45, 2.75) is 19.5 Å². The summed E-state index contributed by atoms with van der Waals surface area (Å²) in [6, 6.07) is 0.163. The van der Waals surface area contributed by atoms with Crippen LogP contribution in [0.3, 0.4) is 0 Å². The summed E-state index contributed by atoms with van der Waals surface area (Å²) in [6.45, 7) is 2.36. The van der Waals surface area contributed by atoms with Gasteiger partial charge in [0.25, 0.3) is 5.91 Å². The van der Waals surface area contributed by atoms with Gasteiger partial charge in [0.15, 0.2) is 0 Å². The van der Waals surface area contributed by atoms with Gasteiger partial charge in [-0.15, -0.1) is 23.7 Å². The maximum absolute atomic E-state index is 11.6. The first-order valence-corrected chi connectivity index (χ1v) is 6.89. The molecule has 7 heteroatoms. The van der Waals surface area contributed by atoms with Gasteiger partial charge in [0.2, 0.25) is 0 Å². The summed E-state index contributed by atoms with van der Waals surface area (Å²) >= 11 is 3.12. The van der Waals surface area contributed by atoms with Crippen molar-refractivity contribution in [3.63, 3.8) is 0 Å². The number of nitrogens with two attached hydrogens (primary N) is 1. The van der Waals surface area contributed by atoms with Crippen LogP contribution in [0.5, 0.6) is 0 Å². The first-order chi connectivity index (χ1) is 7.17. The Bertz CT molecular complexity index is 332. The van der Waals surface area contributed by atoms with Crippen LogP contribution in [-0.4, -0.2) is 28.9 Å². The molecule has 16 heavy (non-hydrogen) atoms. The molecule has 1 heterocycles. The lowest BCUT2D eigenvalue weighted by Gasteiger charge is -2.10. The number of carbonyl (C=O) groups is 1. The van der Waals surface area contributed by atoms with E-state index in [-0.39, 0.29) is 24.4 Å². The molecule has 1 atom stereocenters. The number of aromatic nitrogens is 1. The highest BCUT2D eigenvalue weighted by molar-refractivity contribution is 7.98. The summed E-state index contributed by atoms with van der Waals surface area (Å²) in [7, 11) is 0. The van der Waals surface area contributed by atoms with Gasteiger partial charge in [-0.05, 0) is 13.2 Å². The summed E-state index contributed by atoms with van der Waals surface area (Å²) in [6.07, 6.45) is 2.01. The molecule has 1 unspecified atom stereocenters. The second kappa shape index (κ2) is 7.89. The second-order valence-electron chi connectivity index (χ2n) is 3.16. The Morgan fingerprint density at radius 2 is 2.44 bits per heavy atom. The van der Waals surface area contributed by atoms with E-state index in [0.717, 1.165) is 10.8 Å². The van der Waals surface area contributed by atoms with E-state index in [1.54, 1.807) is 17.1 Å². The molecule has 0 saturated carbocycles. The maximum Gasteiger partial charge on any atom is 0.270 e. The number of hydrogen-bond donors (Lipinski definition) is 2. The molecular formula is C9H16ClN3OS2. The number of nitrogens with one attached hydrogen (secondary N) is 1. The molecule has 4 nitrogen and oxygen atoms in total. The molecule has 0 fully saturated rings. The Kier molecular flexibility index (Phi) is 7.74. The molecule has 0 spiro atoms. The normalized spacial score (nSPS) is 11.7. The molecule has 0 aliphatic rings. The summed E-state index contributed by atoms with van der Waals surface area (Å²) in [5.41, 5.74) is 5.89. The molecule has 1 rings (SSSR count). The SMILES string of the molecule is CSCC(C)NC(=O)c1csc(CN)n1.Cl. The second-order valence-corrected chi connectivity index (χ2v) is 5.01. The van der Waals surface area contributed by atoms with Crippen LogP contribution in [0.1, 0.15) is 22.4 Å². The summed E-state index contributed by atoms with van der Waals surface area (Å²) in [4.78, 5) is 15.8. The van der Waals surface area contributed by atoms with Crippen molar-refractivity contribution in [2.24, 2.45) is 5.73 Å². The van der Waals surface area contributed by atoms with Crippen LogP contribution in [0.4, 0.5) is 0 Å². The zero-order chi connectivity index (χ0) is 11.3. The van der Waals surface area contributed by atoms with E-state index in [2.05, 4.69) is 10.3 Å². The van der Waals surface area contributed by atoms with Crippen molar-refractivity contribution in [3.05, 3.63) is 16.1 Å². The minimum Gasteiger partial charge on any atom is -0.347 e. The maximum atomic E-state index is 11.6. The van der Waals surface area contributed by atoms with Crippen LogP contribution in [0.2, 0.25) is 0 Å². The van der Waals surface area contributed by atoms with Crippen LogP contribution in [0.15, 0.2) is 5.38 Å². The average Bonchev–Trinajstić information content (AvgIpc) is 2.66. The van der Waals surface area contributed by atoms with E-state index in [1.165, 1.54) is 11.3 Å². The minimum absolute atomic E-state index is 0. The number of rotatable bonds is 5. The predicted molar refractivity (Wildman–Crippen MR) is 72.6 cm³/mol. The Morgan fingerprint density at radius 3 is 2.94 bits per heavy atom. The molecule has 1 aromatic heterocycles. The number of hydrogen-bond acceptors (Lipinski definition) is 5. The molecule has 3 N–H and O–H groups in total. The van der Waals surface area contributed by atoms with Crippen LogP contribution < -0.4 is 11.1 Å². The standard InChI is InChI=1S/C9H15N3OS2.ClH/c1-6(4-14-2)11-9(13)7-5-15-8(3-10)12-7;/h5-6H,3-4,10H2,1-2H3,(H,11,13);1H.